The molecule has 0 radical (unpaired) electrons. The van der Waals surface area contributed by atoms with Crippen LogP contribution in [0.2, 0.25) is 5.02 Å². The van der Waals surface area contributed by atoms with Crippen LogP contribution in [0.25, 0.3) is 0 Å². The van der Waals surface area contributed by atoms with E-state index in [2.05, 4.69) is 4.98 Å². The number of benzene rings is 1. The highest BCUT2D eigenvalue weighted by molar-refractivity contribution is 6.32. The third-order valence-corrected chi connectivity index (χ3v) is 3.22. The Bertz CT molecular complexity index is 570. The molecule has 0 aliphatic rings. The van der Waals surface area contributed by atoms with Crippen LogP contribution in [0.3, 0.4) is 0 Å². The lowest BCUT2D eigenvalue weighted by atomic mass is 10.1. The summed E-state index contributed by atoms with van der Waals surface area (Å²) in [6.07, 6.45) is 1.20. The number of hydrogen-bond acceptors (Lipinski definition) is 3. The molecule has 4 heteroatoms. The fourth-order valence-electron chi connectivity index (χ4n) is 1.71. The summed E-state index contributed by atoms with van der Waals surface area (Å²) >= 11 is 6.12. The molecule has 1 heterocycles. The lowest BCUT2D eigenvalue weighted by Crippen LogP contribution is -2.01. The van der Waals surface area contributed by atoms with E-state index < -0.39 is 6.10 Å². The molecule has 3 nitrogen and oxygen atoms in total. The summed E-state index contributed by atoms with van der Waals surface area (Å²) in [5.74, 6) is 0.594. The van der Waals surface area contributed by atoms with E-state index in [-0.39, 0.29) is 0 Å². The summed E-state index contributed by atoms with van der Waals surface area (Å²) < 4.78 is 5.66. The van der Waals surface area contributed by atoms with Crippen molar-refractivity contribution in [1.82, 2.24) is 4.98 Å². The molecule has 0 amide bonds. The standard InChI is InChI=1S/C15H16ClNO2/c1-10-4-3-7-17-14(10)9-19-15-6-5-12(11(2)18)8-13(15)16/h3-8,11,18H,9H2,1-2H3. The van der Waals surface area contributed by atoms with Crippen LogP contribution in [0.5, 0.6) is 5.75 Å². The minimum atomic E-state index is -0.537. The summed E-state index contributed by atoms with van der Waals surface area (Å²) in [5.41, 5.74) is 2.74. The average Bonchev–Trinajstić information content (AvgIpc) is 2.39. The molecule has 0 saturated carbocycles. The quantitative estimate of drug-likeness (QED) is 0.927. The number of rotatable bonds is 4. The maximum absolute atomic E-state index is 9.47. The number of halogens is 1. The third kappa shape index (κ3) is 3.46. The summed E-state index contributed by atoms with van der Waals surface area (Å²) in [6.45, 7) is 4.06. The second-order valence-corrected chi connectivity index (χ2v) is 4.83. The van der Waals surface area contributed by atoms with Gasteiger partial charge in [-0.1, -0.05) is 23.7 Å². The lowest BCUT2D eigenvalue weighted by molar-refractivity contribution is 0.199. The molecular formula is C15H16ClNO2. The predicted molar refractivity (Wildman–Crippen MR) is 75.4 cm³/mol. The molecule has 0 spiro atoms. The molecule has 100 valence electrons. The number of pyridine rings is 1. The zero-order chi connectivity index (χ0) is 13.8. The van der Waals surface area contributed by atoms with Crippen molar-refractivity contribution in [2.75, 3.05) is 0 Å². The normalized spacial score (nSPS) is 12.2. The van der Waals surface area contributed by atoms with Gasteiger partial charge >= 0.3 is 0 Å². The second-order valence-electron chi connectivity index (χ2n) is 4.42. The first-order valence-electron chi connectivity index (χ1n) is 6.08. The SMILES string of the molecule is Cc1cccnc1COc1ccc(C(C)O)cc1Cl. The Morgan fingerprint density at radius 2 is 2.16 bits per heavy atom. The van der Waals surface area contributed by atoms with Crippen LogP contribution in [0.1, 0.15) is 29.8 Å². The Labute approximate surface area is 117 Å². The highest BCUT2D eigenvalue weighted by Crippen LogP contribution is 2.28. The average molecular weight is 278 g/mol. The Hall–Kier alpha value is -1.58. The molecular weight excluding hydrogens is 262 g/mol. The molecule has 0 fully saturated rings. The van der Waals surface area contributed by atoms with E-state index in [0.29, 0.717) is 17.4 Å². The largest absolute Gasteiger partial charge is 0.486 e. The Kier molecular flexibility index (Phi) is 4.40. The first-order valence-corrected chi connectivity index (χ1v) is 6.46. The van der Waals surface area contributed by atoms with Gasteiger partial charge in [0.1, 0.15) is 12.4 Å². The smallest absolute Gasteiger partial charge is 0.138 e. The zero-order valence-electron chi connectivity index (χ0n) is 10.9. The van der Waals surface area contributed by atoms with Crippen molar-refractivity contribution in [3.8, 4) is 5.75 Å². The van der Waals surface area contributed by atoms with Gasteiger partial charge in [0.05, 0.1) is 16.8 Å². The van der Waals surface area contributed by atoms with Crippen LogP contribution in [0.15, 0.2) is 36.5 Å². The Morgan fingerprint density at radius 1 is 1.37 bits per heavy atom. The van der Waals surface area contributed by atoms with Crippen LogP contribution >= 0.6 is 11.6 Å². The topological polar surface area (TPSA) is 42.4 Å². The minimum Gasteiger partial charge on any atom is -0.486 e. The summed E-state index contributed by atoms with van der Waals surface area (Å²) in [6, 6.07) is 9.17. The number of ether oxygens (including phenoxy) is 1. The molecule has 0 aliphatic heterocycles. The molecule has 1 unspecified atom stereocenters. The third-order valence-electron chi connectivity index (χ3n) is 2.92. The molecule has 0 aliphatic carbocycles. The van der Waals surface area contributed by atoms with E-state index >= 15 is 0 Å². The lowest BCUT2D eigenvalue weighted by Gasteiger charge is -2.11. The van der Waals surface area contributed by atoms with Crippen LogP contribution in [-0.4, -0.2) is 10.1 Å². The number of aromatic nitrogens is 1. The molecule has 1 atom stereocenters. The number of aryl methyl sites for hydroxylation is 1. The minimum absolute atomic E-state index is 0.375. The van der Waals surface area contributed by atoms with Gasteiger partial charge in [0.25, 0.3) is 0 Å². The molecule has 1 aromatic carbocycles. The van der Waals surface area contributed by atoms with E-state index in [4.69, 9.17) is 16.3 Å². The fraction of sp³-hybridized carbons (Fsp3) is 0.267. The predicted octanol–water partition coefficient (Wildman–Crippen LogP) is 3.68. The van der Waals surface area contributed by atoms with E-state index in [0.717, 1.165) is 16.8 Å². The molecule has 1 aromatic heterocycles. The molecule has 2 aromatic rings. The fourth-order valence-corrected chi connectivity index (χ4v) is 1.95. The highest BCUT2D eigenvalue weighted by atomic mass is 35.5. The first-order chi connectivity index (χ1) is 9.08. The van der Waals surface area contributed by atoms with E-state index in [1.54, 1.807) is 31.3 Å². The van der Waals surface area contributed by atoms with Crippen molar-refractivity contribution in [2.45, 2.75) is 26.6 Å². The van der Waals surface area contributed by atoms with Gasteiger partial charge in [-0.25, -0.2) is 0 Å². The van der Waals surface area contributed by atoms with Gasteiger partial charge in [-0.05, 0) is 43.2 Å². The van der Waals surface area contributed by atoms with Gasteiger partial charge in [-0.3, -0.25) is 4.98 Å². The number of aliphatic hydroxyl groups excluding tert-OH is 1. The van der Waals surface area contributed by atoms with Crippen molar-refractivity contribution in [1.29, 1.82) is 0 Å². The van der Waals surface area contributed by atoms with Gasteiger partial charge in [-0.2, -0.15) is 0 Å². The maximum atomic E-state index is 9.47. The van der Waals surface area contributed by atoms with E-state index in [9.17, 15) is 5.11 Å². The number of nitrogens with zero attached hydrogens (tertiary/aromatic N) is 1. The van der Waals surface area contributed by atoms with Gasteiger partial charge in [-0.15, -0.1) is 0 Å². The van der Waals surface area contributed by atoms with Gasteiger partial charge in [0, 0.05) is 6.20 Å². The van der Waals surface area contributed by atoms with Crippen LogP contribution in [-0.2, 0) is 6.61 Å². The van der Waals surface area contributed by atoms with Gasteiger partial charge in [0.15, 0.2) is 0 Å². The number of hydrogen-bond donors (Lipinski definition) is 1. The van der Waals surface area contributed by atoms with Crippen molar-refractivity contribution < 1.29 is 9.84 Å². The van der Waals surface area contributed by atoms with Crippen molar-refractivity contribution in [3.63, 3.8) is 0 Å². The van der Waals surface area contributed by atoms with E-state index in [1.165, 1.54) is 0 Å². The molecule has 0 saturated heterocycles. The summed E-state index contributed by atoms with van der Waals surface area (Å²) in [5, 5.41) is 9.97. The highest BCUT2D eigenvalue weighted by Gasteiger charge is 2.07. The summed E-state index contributed by atoms with van der Waals surface area (Å²) in [7, 11) is 0. The number of aliphatic hydroxyl groups is 1. The molecule has 1 N–H and O–H groups in total. The second kappa shape index (κ2) is 6.04. The van der Waals surface area contributed by atoms with Crippen molar-refractivity contribution in [3.05, 3.63) is 58.4 Å². The van der Waals surface area contributed by atoms with Gasteiger partial charge in [0.2, 0.25) is 0 Å². The monoisotopic (exact) mass is 277 g/mol. The Balaban J connectivity index is 2.10. The molecule has 2 rings (SSSR count). The molecule has 19 heavy (non-hydrogen) atoms. The van der Waals surface area contributed by atoms with Crippen molar-refractivity contribution >= 4 is 11.6 Å². The van der Waals surface area contributed by atoms with Crippen LogP contribution in [0.4, 0.5) is 0 Å². The van der Waals surface area contributed by atoms with Crippen LogP contribution < -0.4 is 4.74 Å². The maximum Gasteiger partial charge on any atom is 0.138 e. The summed E-state index contributed by atoms with van der Waals surface area (Å²) in [4.78, 5) is 4.26. The van der Waals surface area contributed by atoms with E-state index in [1.807, 2.05) is 19.1 Å². The van der Waals surface area contributed by atoms with Crippen LogP contribution in [0, 0.1) is 6.92 Å². The Morgan fingerprint density at radius 3 is 2.79 bits per heavy atom. The first kappa shape index (κ1) is 13.8. The van der Waals surface area contributed by atoms with Crippen molar-refractivity contribution in [2.24, 2.45) is 0 Å². The van der Waals surface area contributed by atoms with Gasteiger partial charge < -0.3 is 9.84 Å². The zero-order valence-corrected chi connectivity index (χ0v) is 11.7. The molecule has 0 bridgehead atoms.